The minimum absolute atomic E-state index is 0.0293. The smallest absolute Gasteiger partial charge is 0.303 e. The molecule has 0 N–H and O–H groups in total. The third-order valence-electron chi connectivity index (χ3n) is 3.21. The van der Waals surface area contributed by atoms with Crippen LogP contribution < -0.4 is 0 Å². The molecule has 0 saturated heterocycles. The number of carbonyl (C=O) groups excluding carboxylic acids is 2. The predicted octanol–water partition coefficient (Wildman–Crippen LogP) is 2.63. The lowest BCUT2D eigenvalue weighted by atomic mass is 10.1. The highest BCUT2D eigenvalue weighted by Gasteiger charge is 2.31. The Bertz CT molecular complexity index is 598. The Morgan fingerprint density at radius 3 is 2.46 bits per heavy atom. The summed E-state index contributed by atoms with van der Waals surface area (Å²) >= 11 is 5.84. The number of esters is 2. The highest BCUT2D eigenvalue weighted by molar-refractivity contribution is 6.30. The lowest BCUT2D eigenvalue weighted by Gasteiger charge is -2.31. The van der Waals surface area contributed by atoms with Crippen LogP contribution in [0.1, 0.15) is 19.4 Å². The van der Waals surface area contributed by atoms with Crippen LogP contribution in [0.4, 0.5) is 0 Å². The molecule has 2 rings (SSSR count). The van der Waals surface area contributed by atoms with Gasteiger partial charge >= 0.3 is 11.9 Å². The van der Waals surface area contributed by atoms with Gasteiger partial charge in [-0.2, -0.15) is 0 Å². The van der Waals surface area contributed by atoms with Gasteiger partial charge in [0.15, 0.2) is 6.29 Å². The number of hydrogen-bond donors (Lipinski definition) is 0. The van der Waals surface area contributed by atoms with Crippen LogP contribution in [-0.4, -0.2) is 37.0 Å². The molecule has 0 amide bonds. The van der Waals surface area contributed by atoms with Gasteiger partial charge in [0.25, 0.3) is 0 Å². The molecule has 130 valence electrons. The fraction of sp³-hybridized carbons (Fsp3) is 0.412. The molecule has 1 unspecified atom stereocenters. The molecule has 0 saturated carbocycles. The largest absolute Gasteiger partial charge is 0.463 e. The van der Waals surface area contributed by atoms with E-state index in [0.29, 0.717) is 11.6 Å². The molecule has 1 aliphatic heterocycles. The van der Waals surface area contributed by atoms with Crippen LogP contribution in [0.25, 0.3) is 0 Å². The first kappa shape index (κ1) is 18.4. The SMILES string of the molecule is CC(=O)OC[C@H]1OC(OCc2ccc(Cl)cc2)C=C[C@@H]1OC(C)=O. The second kappa shape index (κ2) is 8.82. The highest BCUT2D eigenvalue weighted by Crippen LogP contribution is 2.19. The van der Waals surface area contributed by atoms with Gasteiger partial charge in [0.05, 0.1) is 6.61 Å². The van der Waals surface area contributed by atoms with Gasteiger partial charge in [-0.25, -0.2) is 0 Å². The van der Waals surface area contributed by atoms with E-state index in [1.807, 2.05) is 12.1 Å². The second-order valence-electron chi connectivity index (χ2n) is 5.24. The molecule has 3 atom stereocenters. The van der Waals surface area contributed by atoms with Gasteiger partial charge < -0.3 is 18.9 Å². The summed E-state index contributed by atoms with van der Waals surface area (Å²) < 4.78 is 21.5. The molecule has 0 radical (unpaired) electrons. The lowest BCUT2D eigenvalue weighted by molar-refractivity contribution is -0.200. The molecule has 1 aromatic carbocycles. The van der Waals surface area contributed by atoms with Crippen molar-refractivity contribution in [3.05, 3.63) is 47.0 Å². The van der Waals surface area contributed by atoms with Crippen molar-refractivity contribution in [2.75, 3.05) is 6.61 Å². The molecule has 7 heteroatoms. The maximum absolute atomic E-state index is 11.2. The Balaban J connectivity index is 1.94. The molecule has 1 aliphatic rings. The van der Waals surface area contributed by atoms with E-state index in [4.69, 9.17) is 30.5 Å². The van der Waals surface area contributed by atoms with Gasteiger partial charge in [-0.1, -0.05) is 23.7 Å². The minimum Gasteiger partial charge on any atom is -0.463 e. The van der Waals surface area contributed by atoms with Gasteiger partial charge in [0.1, 0.15) is 18.8 Å². The van der Waals surface area contributed by atoms with Crippen molar-refractivity contribution >= 4 is 23.5 Å². The van der Waals surface area contributed by atoms with E-state index in [1.54, 1.807) is 24.3 Å². The van der Waals surface area contributed by atoms with E-state index < -0.39 is 30.4 Å². The Labute approximate surface area is 145 Å². The normalized spacial score (nSPS) is 22.9. The van der Waals surface area contributed by atoms with E-state index in [1.165, 1.54) is 13.8 Å². The Kier molecular flexibility index (Phi) is 6.78. The zero-order valence-corrected chi connectivity index (χ0v) is 14.2. The average Bonchev–Trinajstić information content (AvgIpc) is 2.53. The molecular formula is C17H19ClO6. The predicted molar refractivity (Wildman–Crippen MR) is 86.2 cm³/mol. The maximum Gasteiger partial charge on any atom is 0.303 e. The molecule has 0 fully saturated rings. The summed E-state index contributed by atoms with van der Waals surface area (Å²) in [5, 5.41) is 0.651. The van der Waals surface area contributed by atoms with E-state index in [9.17, 15) is 9.59 Å². The summed E-state index contributed by atoms with van der Waals surface area (Å²) in [6.45, 7) is 2.90. The fourth-order valence-electron chi connectivity index (χ4n) is 2.11. The molecule has 0 bridgehead atoms. The number of ether oxygens (including phenoxy) is 4. The maximum atomic E-state index is 11.2. The van der Waals surface area contributed by atoms with Gasteiger partial charge in [0.2, 0.25) is 0 Å². The number of hydrogen-bond acceptors (Lipinski definition) is 6. The summed E-state index contributed by atoms with van der Waals surface area (Å²) in [7, 11) is 0. The van der Waals surface area contributed by atoms with Crippen molar-refractivity contribution in [3.8, 4) is 0 Å². The Hall–Kier alpha value is -1.89. The van der Waals surface area contributed by atoms with Crippen molar-refractivity contribution in [3.63, 3.8) is 0 Å². The molecule has 0 spiro atoms. The van der Waals surface area contributed by atoms with Crippen LogP contribution in [0.3, 0.4) is 0 Å². The molecule has 1 aromatic rings. The van der Waals surface area contributed by atoms with Crippen LogP contribution >= 0.6 is 11.6 Å². The fourth-order valence-corrected chi connectivity index (χ4v) is 2.24. The topological polar surface area (TPSA) is 71.1 Å². The van der Waals surface area contributed by atoms with Gasteiger partial charge in [-0.15, -0.1) is 0 Å². The Morgan fingerprint density at radius 1 is 1.12 bits per heavy atom. The van der Waals surface area contributed by atoms with Crippen molar-refractivity contribution in [2.45, 2.75) is 39.0 Å². The van der Waals surface area contributed by atoms with E-state index >= 15 is 0 Å². The average molecular weight is 355 g/mol. The number of rotatable bonds is 6. The minimum atomic E-state index is -0.631. The van der Waals surface area contributed by atoms with E-state index in [-0.39, 0.29) is 6.61 Å². The van der Waals surface area contributed by atoms with Gasteiger partial charge in [-0.3, -0.25) is 9.59 Å². The summed E-state index contributed by atoms with van der Waals surface area (Å²) in [5.74, 6) is -0.880. The van der Waals surface area contributed by atoms with Crippen LogP contribution in [0, 0.1) is 0 Å². The molecule has 24 heavy (non-hydrogen) atoms. The van der Waals surface area contributed by atoms with E-state index in [0.717, 1.165) is 5.56 Å². The van der Waals surface area contributed by atoms with Gasteiger partial charge in [0, 0.05) is 18.9 Å². The summed E-state index contributed by atoms with van der Waals surface area (Å²) in [4.78, 5) is 22.1. The van der Waals surface area contributed by atoms with Crippen molar-refractivity contribution in [1.82, 2.24) is 0 Å². The monoisotopic (exact) mass is 354 g/mol. The number of benzene rings is 1. The summed E-state index contributed by atoms with van der Waals surface area (Å²) in [6.07, 6.45) is 1.45. The first-order valence-electron chi connectivity index (χ1n) is 7.44. The zero-order chi connectivity index (χ0) is 17.5. The third-order valence-corrected chi connectivity index (χ3v) is 3.47. The molecule has 1 heterocycles. The van der Waals surface area contributed by atoms with Crippen LogP contribution in [0.2, 0.25) is 5.02 Å². The molecule has 0 aromatic heterocycles. The zero-order valence-electron chi connectivity index (χ0n) is 13.4. The molecule has 6 nitrogen and oxygen atoms in total. The van der Waals surface area contributed by atoms with Crippen LogP contribution in [0.5, 0.6) is 0 Å². The third kappa shape index (κ3) is 5.96. The number of halogens is 1. The first-order valence-corrected chi connectivity index (χ1v) is 7.82. The summed E-state index contributed by atoms with van der Waals surface area (Å²) in [6, 6.07) is 7.26. The Morgan fingerprint density at radius 2 is 1.83 bits per heavy atom. The van der Waals surface area contributed by atoms with Crippen molar-refractivity contribution < 1.29 is 28.5 Å². The quantitative estimate of drug-likeness (QED) is 0.577. The summed E-state index contributed by atoms with van der Waals surface area (Å²) in [5.41, 5.74) is 0.940. The van der Waals surface area contributed by atoms with Crippen molar-refractivity contribution in [2.24, 2.45) is 0 Å². The van der Waals surface area contributed by atoms with Crippen LogP contribution in [-0.2, 0) is 35.1 Å². The lowest BCUT2D eigenvalue weighted by Crippen LogP contribution is -2.42. The van der Waals surface area contributed by atoms with Crippen LogP contribution in [0.15, 0.2) is 36.4 Å². The molecular weight excluding hydrogens is 336 g/mol. The standard InChI is InChI=1S/C17H19ClO6/c1-11(19)21-10-16-15(23-12(2)20)7-8-17(24-16)22-9-13-3-5-14(18)6-4-13/h3-8,15-17H,9-10H2,1-2H3/t15-,16+,17?/m0/s1. The van der Waals surface area contributed by atoms with Crippen molar-refractivity contribution in [1.29, 1.82) is 0 Å². The number of carbonyl (C=O) groups is 2. The van der Waals surface area contributed by atoms with E-state index in [2.05, 4.69) is 0 Å². The first-order chi connectivity index (χ1) is 11.4. The highest BCUT2D eigenvalue weighted by atomic mass is 35.5. The second-order valence-corrected chi connectivity index (χ2v) is 5.68. The van der Waals surface area contributed by atoms with Gasteiger partial charge in [-0.05, 0) is 29.8 Å². The molecule has 0 aliphatic carbocycles.